The first kappa shape index (κ1) is 15.4. The van der Waals surface area contributed by atoms with Gasteiger partial charge in [-0.2, -0.15) is 0 Å². The monoisotopic (exact) mass is 230 g/mol. The number of hydrogen-bond acceptors (Lipinski definition) is 3. The molecule has 0 radical (unpaired) electrons. The third-order valence-corrected chi connectivity index (χ3v) is 2.74. The Morgan fingerprint density at radius 3 is 2.38 bits per heavy atom. The van der Waals surface area contributed by atoms with E-state index in [0.717, 1.165) is 19.3 Å². The van der Waals surface area contributed by atoms with Gasteiger partial charge in [0.25, 0.3) is 0 Å². The largest absolute Gasteiger partial charge is 0.466 e. The summed E-state index contributed by atoms with van der Waals surface area (Å²) in [6, 6.07) is 0. The highest BCUT2D eigenvalue weighted by molar-refractivity contribution is 5.72. The van der Waals surface area contributed by atoms with Crippen molar-refractivity contribution in [2.24, 2.45) is 5.92 Å². The molecule has 0 saturated carbocycles. The van der Waals surface area contributed by atoms with Gasteiger partial charge in [-0.05, 0) is 26.2 Å². The van der Waals surface area contributed by atoms with Crippen molar-refractivity contribution in [2.45, 2.75) is 58.8 Å². The van der Waals surface area contributed by atoms with Crippen molar-refractivity contribution in [3.8, 4) is 0 Å². The molecule has 3 heteroatoms. The van der Waals surface area contributed by atoms with Gasteiger partial charge in [0.2, 0.25) is 0 Å². The molecule has 3 nitrogen and oxygen atoms in total. The maximum absolute atomic E-state index is 11.6. The quantitative estimate of drug-likeness (QED) is 0.463. The molecular formula is C13H26O3. The molecule has 1 unspecified atom stereocenters. The Morgan fingerprint density at radius 2 is 1.81 bits per heavy atom. The predicted molar refractivity (Wildman–Crippen MR) is 65.2 cm³/mol. The van der Waals surface area contributed by atoms with Crippen molar-refractivity contribution in [2.75, 3.05) is 13.2 Å². The van der Waals surface area contributed by atoms with Crippen molar-refractivity contribution in [1.29, 1.82) is 0 Å². The highest BCUT2D eigenvalue weighted by Gasteiger charge is 2.18. The molecule has 0 aliphatic carbocycles. The van der Waals surface area contributed by atoms with E-state index < -0.39 is 0 Å². The number of aliphatic hydroxyl groups is 1. The second-order valence-electron chi connectivity index (χ2n) is 4.16. The average molecular weight is 230 g/mol. The molecule has 0 bridgehead atoms. The SMILES string of the molecule is CCCCCCC(CCCO)C(=O)OCC. The molecule has 1 atom stereocenters. The van der Waals surface area contributed by atoms with E-state index in [4.69, 9.17) is 9.84 Å². The molecule has 96 valence electrons. The second kappa shape index (κ2) is 10.9. The van der Waals surface area contributed by atoms with Gasteiger partial charge in [-0.3, -0.25) is 4.79 Å². The third kappa shape index (κ3) is 7.69. The summed E-state index contributed by atoms with van der Waals surface area (Å²) >= 11 is 0. The number of carbonyl (C=O) groups is 1. The Hall–Kier alpha value is -0.570. The number of rotatable bonds is 10. The molecule has 0 amide bonds. The molecule has 0 aliphatic rings. The van der Waals surface area contributed by atoms with Gasteiger partial charge in [0, 0.05) is 6.61 Å². The fraction of sp³-hybridized carbons (Fsp3) is 0.923. The summed E-state index contributed by atoms with van der Waals surface area (Å²) < 4.78 is 5.04. The van der Waals surface area contributed by atoms with Crippen LogP contribution in [0.2, 0.25) is 0 Å². The summed E-state index contributed by atoms with van der Waals surface area (Å²) in [4.78, 5) is 11.6. The molecule has 0 aromatic rings. The van der Waals surface area contributed by atoms with Crippen LogP contribution in [-0.4, -0.2) is 24.3 Å². The minimum absolute atomic E-state index is 0.0102. The topological polar surface area (TPSA) is 46.5 Å². The van der Waals surface area contributed by atoms with Crippen molar-refractivity contribution in [3.63, 3.8) is 0 Å². The zero-order valence-electron chi connectivity index (χ0n) is 10.7. The second-order valence-corrected chi connectivity index (χ2v) is 4.16. The highest BCUT2D eigenvalue weighted by atomic mass is 16.5. The number of aliphatic hydroxyl groups excluding tert-OH is 1. The normalized spacial score (nSPS) is 12.4. The van der Waals surface area contributed by atoms with Gasteiger partial charge in [-0.15, -0.1) is 0 Å². The number of unbranched alkanes of at least 4 members (excludes halogenated alkanes) is 3. The van der Waals surface area contributed by atoms with Gasteiger partial charge in [0.05, 0.1) is 12.5 Å². The van der Waals surface area contributed by atoms with Gasteiger partial charge in [0.15, 0.2) is 0 Å². The standard InChI is InChI=1S/C13H26O3/c1-3-5-6-7-9-12(10-8-11-14)13(15)16-4-2/h12,14H,3-11H2,1-2H3. The van der Waals surface area contributed by atoms with E-state index in [1.807, 2.05) is 6.92 Å². The van der Waals surface area contributed by atoms with E-state index in [2.05, 4.69) is 6.92 Å². The van der Waals surface area contributed by atoms with Crippen LogP contribution < -0.4 is 0 Å². The number of hydrogen-bond donors (Lipinski definition) is 1. The van der Waals surface area contributed by atoms with E-state index in [0.29, 0.717) is 13.0 Å². The van der Waals surface area contributed by atoms with Crippen molar-refractivity contribution >= 4 is 5.97 Å². The van der Waals surface area contributed by atoms with Crippen LogP contribution in [0.4, 0.5) is 0 Å². The Bertz CT molecular complexity index is 169. The van der Waals surface area contributed by atoms with Crippen LogP contribution in [0.1, 0.15) is 58.8 Å². The minimum atomic E-state index is -0.0903. The molecule has 0 spiro atoms. The number of ether oxygens (including phenoxy) is 1. The van der Waals surface area contributed by atoms with E-state index in [9.17, 15) is 4.79 Å². The predicted octanol–water partition coefficient (Wildman–Crippen LogP) is 2.91. The maximum atomic E-state index is 11.6. The van der Waals surface area contributed by atoms with Crippen LogP contribution in [0.3, 0.4) is 0 Å². The summed E-state index contributed by atoms with van der Waals surface area (Å²) in [6.45, 7) is 4.61. The number of esters is 1. The van der Waals surface area contributed by atoms with Crippen LogP contribution >= 0.6 is 0 Å². The molecular weight excluding hydrogens is 204 g/mol. The van der Waals surface area contributed by atoms with Gasteiger partial charge >= 0.3 is 5.97 Å². The van der Waals surface area contributed by atoms with Crippen LogP contribution in [0, 0.1) is 5.92 Å². The van der Waals surface area contributed by atoms with E-state index >= 15 is 0 Å². The molecule has 0 heterocycles. The molecule has 0 saturated heterocycles. The van der Waals surface area contributed by atoms with Gasteiger partial charge in [0.1, 0.15) is 0 Å². The Kier molecular flexibility index (Phi) is 10.5. The zero-order chi connectivity index (χ0) is 12.2. The lowest BCUT2D eigenvalue weighted by atomic mass is 9.96. The van der Waals surface area contributed by atoms with Crippen LogP contribution in [0.25, 0.3) is 0 Å². The first-order valence-corrected chi connectivity index (χ1v) is 6.53. The molecule has 0 aromatic heterocycles. The molecule has 0 fully saturated rings. The molecule has 1 N–H and O–H groups in total. The fourth-order valence-corrected chi connectivity index (χ4v) is 1.80. The van der Waals surface area contributed by atoms with E-state index in [-0.39, 0.29) is 18.5 Å². The van der Waals surface area contributed by atoms with Crippen molar-refractivity contribution in [3.05, 3.63) is 0 Å². The first-order chi connectivity index (χ1) is 7.76. The smallest absolute Gasteiger partial charge is 0.308 e. The lowest BCUT2D eigenvalue weighted by molar-refractivity contribution is -0.148. The van der Waals surface area contributed by atoms with E-state index in [1.165, 1.54) is 19.3 Å². The number of carbonyl (C=O) groups excluding carboxylic acids is 1. The van der Waals surface area contributed by atoms with Crippen LogP contribution in [-0.2, 0) is 9.53 Å². The lowest BCUT2D eigenvalue weighted by Crippen LogP contribution is -2.18. The Morgan fingerprint density at radius 1 is 1.12 bits per heavy atom. The van der Waals surface area contributed by atoms with Gasteiger partial charge in [-0.1, -0.05) is 32.6 Å². The van der Waals surface area contributed by atoms with Crippen molar-refractivity contribution < 1.29 is 14.6 Å². The molecule has 16 heavy (non-hydrogen) atoms. The molecule has 0 aliphatic heterocycles. The molecule has 0 rings (SSSR count). The minimum Gasteiger partial charge on any atom is -0.466 e. The Labute approximate surface area is 99.2 Å². The third-order valence-electron chi connectivity index (χ3n) is 2.74. The summed E-state index contributed by atoms with van der Waals surface area (Å²) in [5.74, 6) is -0.101. The van der Waals surface area contributed by atoms with Crippen LogP contribution in [0.15, 0.2) is 0 Å². The highest BCUT2D eigenvalue weighted by Crippen LogP contribution is 2.17. The average Bonchev–Trinajstić information content (AvgIpc) is 2.28. The fourth-order valence-electron chi connectivity index (χ4n) is 1.80. The summed E-state index contributed by atoms with van der Waals surface area (Å²) in [5, 5.41) is 8.78. The zero-order valence-corrected chi connectivity index (χ0v) is 10.7. The van der Waals surface area contributed by atoms with Gasteiger partial charge in [-0.25, -0.2) is 0 Å². The Balaban J connectivity index is 3.84. The molecule has 0 aromatic carbocycles. The lowest BCUT2D eigenvalue weighted by Gasteiger charge is -2.14. The van der Waals surface area contributed by atoms with Crippen LogP contribution in [0.5, 0.6) is 0 Å². The first-order valence-electron chi connectivity index (χ1n) is 6.53. The van der Waals surface area contributed by atoms with Gasteiger partial charge < -0.3 is 9.84 Å². The van der Waals surface area contributed by atoms with Crippen molar-refractivity contribution in [1.82, 2.24) is 0 Å². The summed E-state index contributed by atoms with van der Waals surface area (Å²) in [7, 11) is 0. The maximum Gasteiger partial charge on any atom is 0.308 e. The summed E-state index contributed by atoms with van der Waals surface area (Å²) in [5.41, 5.74) is 0. The van der Waals surface area contributed by atoms with E-state index in [1.54, 1.807) is 0 Å². The summed E-state index contributed by atoms with van der Waals surface area (Å²) in [6.07, 6.45) is 7.06.